The van der Waals surface area contributed by atoms with Gasteiger partial charge >= 0.3 is 0 Å². The Balaban J connectivity index is 1.61. The standard InChI is InChI=1S/C19H17F2N3O4/c1-26-15-6-3-11(9-16(15)27-2)19-23-18(28-24-19)8-7-17(25)22-12-4-5-13(20)14(21)10-12/h3-6,9-10H,7-8H2,1-2H3,(H,22,25). The fraction of sp³-hybridized carbons (Fsp3) is 0.211. The van der Waals surface area contributed by atoms with Crippen LogP contribution in [0.5, 0.6) is 11.5 Å². The summed E-state index contributed by atoms with van der Waals surface area (Å²) in [6.45, 7) is 0. The molecule has 1 heterocycles. The molecule has 3 aromatic rings. The number of hydrogen-bond acceptors (Lipinski definition) is 6. The molecule has 0 fully saturated rings. The van der Waals surface area contributed by atoms with E-state index in [-0.39, 0.29) is 24.4 Å². The lowest BCUT2D eigenvalue weighted by molar-refractivity contribution is -0.116. The molecule has 0 atom stereocenters. The SMILES string of the molecule is COc1ccc(-c2noc(CCC(=O)Nc3ccc(F)c(F)c3)n2)cc1OC. The normalized spacial score (nSPS) is 10.6. The van der Waals surface area contributed by atoms with Crippen molar-refractivity contribution in [3.05, 3.63) is 53.9 Å². The summed E-state index contributed by atoms with van der Waals surface area (Å²) in [4.78, 5) is 16.2. The molecule has 0 aliphatic carbocycles. The molecule has 7 nitrogen and oxygen atoms in total. The summed E-state index contributed by atoms with van der Waals surface area (Å²) in [5.74, 6) is -0.694. The van der Waals surface area contributed by atoms with Crippen molar-refractivity contribution >= 4 is 11.6 Å². The molecule has 0 saturated heterocycles. The number of halogens is 2. The number of hydrogen-bond donors (Lipinski definition) is 1. The molecule has 0 aliphatic rings. The monoisotopic (exact) mass is 389 g/mol. The van der Waals surface area contributed by atoms with Crippen LogP contribution in [0.25, 0.3) is 11.4 Å². The molecule has 1 N–H and O–H groups in total. The van der Waals surface area contributed by atoms with Gasteiger partial charge in [0.2, 0.25) is 17.6 Å². The van der Waals surface area contributed by atoms with Gasteiger partial charge in [0.1, 0.15) is 0 Å². The van der Waals surface area contributed by atoms with Crippen molar-refractivity contribution in [2.45, 2.75) is 12.8 Å². The highest BCUT2D eigenvalue weighted by atomic mass is 19.2. The molecule has 0 spiro atoms. The van der Waals surface area contributed by atoms with E-state index in [1.165, 1.54) is 20.3 Å². The van der Waals surface area contributed by atoms with E-state index < -0.39 is 17.5 Å². The lowest BCUT2D eigenvalue weighted by atomic mass is 10.2. The van der Waals surface area contributed by atoms with Gasteiger partial charge in [0.05, 0.1) is 14.2 Å². The van der Waals surface area contributed by atoms with E-state index >= 15 is 0 Å². The maximum atomic E-state index is 13.2. The summed E-state index contributed by atoms with van der Waals surface area (Å²) in [6.07, 6.45) is 0.225. The molecule has 0 radical (unpaired) electrons. The molecule has 0 aliphatic heterocycles. The Morgan fingerprint density at radius 2 is 1.86 bits per heavy atom. The minimum Gasteiger partial charge on any atom is -0.493 e. The maximum absolute atomic E-state index is 13.2. The predicted molar refractivity (Wildman–Crippen MR) is 96.1 cm³/mol. The van der Waals surface area contributed by atoms with Gasteiger partial charge in [0, 0.05) is 30.2 Å². The van der Waals surface area contributed by atoms with Crippen molar-refractivity contribution in [1.82, 2.24) is 10.1 Å². The number of aromatic nitrogens is 2. The Morgan fingerprint density at radius 3 is 2.57 bits per heavy atom. The molecular formula is C19H17F2N3O4. The van der Waals surface area contributed by atoms with Gasteiger partial charge in [-0.1, -0.05) is 5.16 Å². The van der Waals surface area contributed by atoms with Gasteiger partial charge in [-0.15, -0.1) is 0 Å². The van der Waals surface area contributed by atoms with Gasteiger partial charge in [-0.2, -0.15) is 4.98 Å². The molecule has 0 saturated carbocycles. The Kier molecular flexibility index (Phi) is 5.83. The number of benzene rings is 2. The minimum atomic E-state index is -1.03. The van der Waals surface area contributed by atoms with Crippen molar-refractivity contribution in [1.29, 1.82) is 0 Å². The van der Waals surface area contributed by atoms with Gasteiger partial charge in [-0.25, -0.2) is 8.78 Å². The van der Waals surface area contributed by atoms with Crippen LogP contribution < -0.4 is 14.8 Å². The van der Waals surface area contributed by atoms with E-state index in [1.807, 2.05) is 0 Å². The van der Waals surface area contributed by atoms with Gasteiger partial charge < -0.3 is 19.3 Å². The van der Waals surface area contributed by atoms with Crippen LogP contribution in [0.2, 0.25) is 0 Å². The van der Waals surface area contributed by atoms with E-state index in [4.69, 9.17) is 14.0 Å². The van der Waals surface area contributed by atoms with Crippen LogP contribution in [0.1, 0.15) is 12.3 Å². The van der Waals surface area contributed by atoms with E-state index in [0.29, 0.717) is 22.9 Å². The average molecular weight is 389 g/mol. The summed E-state index contributed by atoms with van der Waals surface area (Å²) in [6, 6.07) is 8.32. The highest BCUT2D eigenvalue weighted by Gasteiger charge is 2.14. The van der Waals surface area contributed by atoms with Crippen molar-refractivity contribution in [3.63, 3.8) is 0 Å². The number of rotatable bonds is 7. The predicted octanol–water partition coefficient (Wildman–Crippen LogP) is 3.60. The molecule has 1 amide bonds. The highest BCUT2D eigenvalue weighted by Crippen LogP contribution is 2.31. The minimum absolute atomic E-state index is 0.0343. The molecule has 2 aromatic carbocycles. The zero-order valence-corrected chi connectivity index (χ0v) is 15.2. The lowest BCUT2D eigenvalue weighted by Crippen LogP contribution is -2.12. The third kappa shape index (κ3) is 4.43. The Morgan fingerprint density at radius 1 is 1.07 bits per heavy atom. The number of amides is 1. The van der Waals surface area contributed by atoms with Crippen LogP contribution in [0.15, 0.2) is 40.9 Å². The highest BCUT2D eigenvalue weighted by molar-refractivity contribution is 5.90. The number of nitrogens with zero attached hydrogens (tertiary/aromatic N) is 2. The summed E-state index contributed by atoms with van der Waals surface area (Å²) in [5.41, 5.74) is 0.833. The fourth-order valence-electron chi connectivity index (χ4n) is 2.47. The molecule has 1 aromatic heterocycles. The topological polar surface area (TPSA) is 86.5 Å². The Hall–Kier alpha value is -3.49. The Bertz CT molecular complexity index is 991. The third-order valence-corrected chi connectivity index (χ3v) is 3.88. The van der Waals surface area contributed by atoms with Gasteiger partial charge in [0.25, 0.3) is 0 Å². The van der Waals surface area contributed by atoms with Gasteiger partial charge in [-0.05, 0) is 30.3 Å². The lowest BCUT2D eigenvalue weighted by Gasteiger charge is -2.07. The van der Waals surface area contributed by atoms with E-state index in [0.717, 1.165) is 12.1 Å². The van der Waals surface area contributed by atoms with Crippen molar-refractivity contribution in [2.24, 2.45) is 0 Å². The summed E-state index contributed by atoms with van der Waals surface area (Å²) < 4.78 is 41.7. The van der Waals surface area contributed by atoms with Crippen LogP contribution in [0, 0.1) is 11.6 Å². The zero-order chi connectivity index (χ0) is 20.1. The van der Waals surface area contributed by atoms with Crippen molar-refractivity contribution in [2.75, 3.05) is 19.5 Å². The number of carbonyl (C=O) groups excluding carboxylic acids is 1. The second-order valence-corrected chi connectivity index (χ2v) is 5.76. The molecular weight excluding hydrogens is 372 g/mol. The number of anilines is 1. The van der Waals surface area contributed by atoms with Crippen LogP contribution >= 0.6 is 0 Å². The number of nitrogens with one attached hydrogen (secondary N) is 1. The second kappa shape index (κ2) is 8.47. The summed E-state index contributed by atoms with van der Waals surface area (Å²) in [7, 11) is 3.06. The quantitative estimate of drug-likeness (QED) is 0.664. The molecule has 3 rings (SSSR count). The third-order valence-electron chi connectivity index (χ3n) is 3.88. The number of methoxy groups -OCH3 is 2. The molecule has 0 unspecified atom stereocenters. The first-order valence-electron chi connectivity index (χ1n) is 8.30. The van der Waals surface area contributed by atoms with Crippen molar-refractivity contribution in [3.8, 4) is 22.9 Å². The molecule has 0 bridgehead atoms. The summed E-state index contributed by atoms with van der Waals surface area (Å²) >= 11 is 0. The summed E-state index contributed by atoms with van der Waals surface area (Å²) in [5, 5.41) is 6.38. The average Bonchev–Trinajstić information content (AvgIpc) is 3.17. The first-order valence-corrected chi connectivity index (χ1v) is 8.30. The van der Waals surface area contributed by atoms with Crippen LogP contribution in [-0.4, -0.2) is 30.3 Å². The van der Waals surface area contributed by atoms with Gasteiger partial charge in [-0.3, -0.25) is 4.79 Å². The van der Waals surface area contributed by atoms with E-state index in [2.05, 4.69) is 15.5 Å². The molecule has 146 valence electrons. The smallest absolute Gasteiger partial charge is 0.227 e. The second-order valence-electron chi connectivity index (χ2n) is 5.76. The largest absolute Gasteiger partial charge is 0.493 e. The van der Waals surface area contributed by atoms with Crippen LogP contribution in [0.4, 0.5) is 14.5 Å². The Labute approximate surface area is 159 Å². The van der Waals surface area contributed by atoms with Crippen LogP contribution in [0.3, 0.4) is 0 Å². The number of aryl methyl sites for hydroxylation is 1. The fourth-order valence-corrected chi connectivity index (χ4v) is 2.47. The first-order chi connectivity index (χ1) is 13.5. The van der Waals surface area contributed by atoms with E-state index in [1.54, 1.807) is 18.2 Å². The molecule has 28 heavy (non-hydrogen) atoms. The van der Waals surface area contributed by atoms with Crippen molar-refractivity contribution < 1.29 is 27.6 Å². The van der Waals surface area contributed by atoms with E-state index in [9.17, 15) is 13.6 Å². The van der Waals surface area contributed by atoms with Crippen LogP contribution in [-0.2, 0) is 11.2 Å². The first kappa shape index (κ1) is 19.3. The molecule has 9 heteroatoms. The number of carbonyl (C=O) groups is 1. The van der Waals surface area contributed by atoms with Gasteiger partial charge in [0.15, 0.2) is 23.1 Å². The number of ether oxygens (including phenoxy) is 2. The maximum Gasteiger partial charge on any atom is 0.227 e. The zero-order valence-electron chi connectivity index (χ0n) is 15.2.